The van der Waals surface area contributed by atoms with Crippen molar-refractivity contribution in [3.8, 4) is 0 Å². The molecule has 1 aromatic carbocycles. The van der Waals surface area contributed by atoms with Gasteiger partial charge in [-0.2, -0.15) is 9.98 Å². The van der Waals surface area contributed by atoms with Crippen molar-refractivity contribution in [3.05, 3.63) is 23.8 Å². The minimum atomic E-state index is -0.190. The van der Waals surface area contributed by atoms with E-state index in [-0.39, 0.29) is 5.41 Å². The van der Waals surface area contributed by atoms with E-state index in [0.717, 1.165) is 5.56 Å². The highest BCUT2D eigenvalue weighted by Gasteiger charge is 2.18. The van der Waals surface area contributed by atoms with Crippen molar-refractivity contribution in [1.82, 2.24) is 0 Å². The van der Waals surface area contributed by atoms with Crippen molar-refractivity contribution in [2.45, 2.75) is 26.2 Å². The first-order valence-electron chi connectivity index (χ1n) is 4.79. The van der Waals surface area contributed by atoms with Crippen LogP contribution in [-0.2, 0) is 15.0 Å². The van der Waals surface area contributed by atoms with E-state index >= 15 is 0 Å². The topological polar surface area (TPSA) is 58.9 Å². The summed E-state index contributed by atoms with van der Waals surface area (Å²) in [7, 11) is 0. The molecule has 0 amide bonds. The molecule has 0 aliphatic rings. The molecule has 82 valence electrons. The molecule has 0 heterocycles. The standard InChI is InChI=1S/C12H12N2O2/c1-12(2,3)10-6-9(13-7-15)4-5-11(10)14-8-16/h4-6H,1-3H3. The highest BCUT2D eigenvalue weighted by molar-refractivity contribution is 5.62. The first kappa shape index (κ1) is 12.1. The van der Waals surface area contributed by atoms with Gasteiger partial charge < -0.3 is 0 Å². The molecule has 0 aliphatic heterocycles. The molecule has 1 aromatic rings. The number of carbonyl (C=O) groups excluding carboxylic acids is 2. The molecule has 0 fully saturated rings. The zero-order valence-corrected chi connectivity index (χ0v) is 9.44. The SMILES string of the molecule is CC(C)(C)c1cc(N=C=O)ccc1N=C=O. The summed E-state index contributed by atoms with van der Waals surface area (Å²) in [5.74, 6) is 0. The van der Waals surface area contributed by atoms with Crippen LogP contribution in [0.4, 0.5) is 11.4 Å². The lowest BCUT2D eigenvalue weighted by Crippen LogP contribution is -2.11. The van der Waals surface area contributed by atoms with Crippen LogP contribution in [0.15, 0.2) is 28.2 Å². The number of hydrogen-bond acceptors (Lipinski definition) is 4. The molecule has 0 aromatic heterocycles. The highest BCUT2D eigenvalue weighted by Crippen LogP contribution is 2.34. The van der Waals surface area contributed by atoms with Gasteiger partial charge in [0.15, 0.2) is 0 Å². The van der Waals surface area contributed by atoms with Crippen molar-refractivity contribution >= 4 is 23.5 Å². The molecule has 0 aliphatic carbocycles. The molecule has 0 atom stereocenters. The van der Waals surface area contributed by atoms with Gasteiger partial charge >= 0.3 is 0 Å². The van der Waals surface area contributed by atoms with E-state index < -0.39 is 0 Å². The number of isocyanates is 2. The Balaban J connectivity index is 3.43. The molecule has 0 N–H and O–H groups in total. The first-order chi connectivity index (χ1) is 7.49. The minimum Gasteiger partial charge on any atom is -0.211 e. The lowest BCUT2D eigenvalue weighted by atomic mass is 9.85. The summed E-state index contributed by atoms with van der Waals surface area (Å²) in [6, 6.07) is 4.97. The Bertz CT molecular complexity index is 488. The van der Waals surface area contributed by atoms with E-state index in [0.29, 0.717) is 11.4 Å². The maximum absolute atomic E-state index is 10.3. The summed E-state index contributed by atoms with van der Waals surface area (Å²) in [5.41, 5.74) is 1.70. The third-order valence-electron chi connectivity index (χ3n) is 2.13. The van der Waals surface area contributed by atoms with Crippen LogP contribution in [0.3, 0.4) is 0 Å². The van der Waals surface area contributed by atoms with Crippen LogP contribution in [0.25, 0.3) is 0 Å². The normalized spacial score (nSPS) is 10.2. The Morgan fingerprint density at radius 1 is 1.06 bits per heavy atom. The quantitative estimate of drug-likeness (QED) is 0.563. The molecule has 16 heavy (non-hydrogen) atoms. The van der Waals surface area contributed by atoms with Crippen LogP contribution in [0.1, 0.15) is 26.3 Å². The zero-order chi connectivity index (χ0) is 12.2. The first-order valence-corrected chi connectivity index (χ1v) is 4.79. The largest absolute Gasteiger partial charge is 0.240 e. The highest BCUT2D eigenvalue weighted by atomic mass is 16.1. The molecular formula is C12H12N2O2. The Kier molecular flexibility index (Phi) is 3.51. The second kappa shape index (κ2) is 4.67. The Labute approximate surface area is 93.7 Å². The van der Waals surface area contributed by atoms with Crippen LogP contribution in [-0.4, -0.2) is 12.2 Å². The predicted molar refractivity (Wildman–Crippen MR) is 60.7 cm³/mol. The van der Waals surface area contributed by atoms with Gasteiger partial charge in [-0.05, 0) is 29.2 Å². The zero-order valence-electron chi connectivity index (χ0n) is 9.44. The molecule has 0 radical (unpaired) electrons. The van der Waals surface area contributed by atoms with Gasteiger partial charge in [0.25, 0.3) is 0 Å². The molecule has 0 unspecified atom stereocenters. The van der Waals surface area contributed by atoms with E-state index in [1.165, 1.54) is 12.2 Å². The Morgan fingerprint density at radius 2 is 1.69 bits per heavy atom. The lowest BCUT2D eigenvalue weighted by molar-refractivity contribution is 0.563. The lowest BCUT2D eigenvalue weighted by Gasteiger charge is -2.20. The van der Waals surface area contributed by atoms with Crippen LogP contribution in [0.5, 0.6) is 0 Å². The number of rotatable bonds is 2. The Morgan fingerprint density at radius 3 is 2.19 bits per heavy atom. The maximum Gasteiger partial charge on any atom is 0.240 e. The molecule has 0 spiro atoms. The van der Waals surface area contributed by atoms with Gasteiger partial charge in [-0.3, -0.25) is 0 Å². The van der Waals surface area contributed by atoms with Crippen molar-refractivity contribution in [3.63, 3.8) is 0 Å². The molecule has 0 saturated carbocycles. The van der Waals surface area contributed by atoms with Crippen LogP contribution < -0.4 is 0 Å². The smallest absolute Gasteiger partial charge is 0.211 e. The van der Waals surface area contributed by atoms with Gasteiger partial charge in [0, 0.05) is 0 Å². The average Bonchev–Trinajstić information content (AvgIpc) is 2.19. The van der Waals surface area contributed by atoms with Gasteiger partial charge in [0.1, 0.15) is 0 Å². The van der Waals surface area contributed by atoms with Crippen molar-refractivity contribution in [2.75, 3.05) is 0 Å². The van der Waals surface area contributed by atoms with E-state index in [9.17, 15) is 9.59 Å². The van der Waals surface area contributed by atoms with Crippen molar-refractivity contribution < 1.29 is 9.59 Å². The van der Waals surface area contributed by atoms with Gasteiger partial charge in [0.05, 0.1) is 11.4 Å². The Hall–Kier alpha value is -2.02. The van der Waals surface area contributed by atoms with E-state index in [2.05, 4.69) is 9.98 Å². The average molecular weight is 216 g/mol. The number of nitrogens with zero attached hydrogens (tertiary/aromatic N) is 2. The summed E-state index contributed by atoms with van der Waals surface area (Å²) < 4.78 is 0. The third kappa shape index (κ3) is 2.74. The fraction of sp³-hybridized carbons (Fsp3) is 0.333. The van der Waals surface area contributed by atoms with Gasteiger partial charge in [-0.15, -0.1) is 0 Å². The summed E-state index contributed by atoms with van der Waals surface area (Å²) in [6.45, 7) is 5.96. The van der Waals surface area contributed by atoms with E-state index in [4.69, 9.17) is 0 Å². The summed E-state index contributed by atoms with van der Waals surface area (Å²) in [6.07, 6.45) is 3.00. The van der Waals surface area contributed by atoms with Gasteiger partial charge in [0.2, 0.25) is 12.2 Å². The number of hydrogen-bond donors (Lipinski definition) is 0. The van der Waals surface area contributed by atoms with Crippen LogP contribution in [0.2, 0.25) is 0 Å². The minimum absolute atomic E-state index is 0.190. The molecule has 4 heteroatoms. The van der Waals surface area contributed by atoms with Crippen LogP contribution >= 0.6 is 0 Å². The van der Waals surface area contributed by atoms with E-state index in [1.807, 2.05) is 20.8 Å². The third-order valence-corrected chi connectivity index (χ3v) is 2.13. The number of benzene rings is 1. The predicted octanol–water partition coefficient (Wildman–Crippen LogP) is 2.92. The molecule has 0 bridgehead atoms. The maximum atomic E-state index is 10.3. The number of aliphatic imine (C=N–C) groups is 2. The van der Waals surface area contributed by atoms with Gasteiger partial charge in [-0.25, -0.2) is 9.59 Å². The van der Waals surface area contributed by atoms with Gasteiger partial charge in [-0.1, -0.05) is 20.8 Å². The fourth-order valence-corrected chi connectivity index (χ4v) is 1.39. The molecule has 1 rings (SSSR count). The second-order valence-corrected chi connectivity index (χ2v) is 4.36. The molecule has 0 saturated heterocycles. The monoisotopic (exact) mass is 216 g/mol. The second-order valence-electron chi connectivity index (χ2n) is 4.36. The van der Waals surface area contributed by atoms with E-state index in [1.54, 1.807) is 18.2 Å². The molecule has 4 nitrogen and oxygen atoms in total. The van der Waals surface area contributed by atoms with Crippen molar-refractivity contribution in [2.24, 2.45) is 9.98 Å². The van der Waals surface area contributed by atoms with Crippen molar-refractivity contribution in [1.29, 1.82) is 0 Å². The fourth-order valence-electron chi connectivity index (χ4n) is 1.39. The summed E-state index contributed by atoms with van der Waals surface area (Å²) in [4.78, 5) is 27.6. The molecular weight excluding hydrogens is 204 g/mol. The summed E-state index contributed by atoms with van der Waals surface area (Å²) >= 11 is 0. The summed E-state index contributed by atoms with van der Waals surface area (Å²) in [5, 5.41) is 0. The van der Waals surface area contributed by atoms with Crippen LogP contribution in [0, 0.1) is 0 Å².